The van der Waals surface area contributed by atoms with Gasteiger partial charge in [0.2, 0.25) is 0 Å². The zero-order valence-electron chi connectivity index (χ0n) is 5.18. The minimum Gasteiger partial charge on any atom is -0.371 e. The third-order valence-corrected chi connectivity index (χ3v) is 0.498. The summed E-state index contributed by atoms with van der Waals surface area (Å²) in [7, 11) is 0. The van der Waals surface area contributed by atoms with Gasteiger partial charge in [-0.05, 0) is 13.8 Å². The molecule has 0 amide bonds. The van der Waals surface area contributed by atoms with Crippen molar-refractivity contribution in [2.24, 2.45) is 0 Å². The Hall–Kier alpha value is 0.344. The average Bonchev–Trinajstić information content (AvgIpc) is 1.61. The fourth-order valence-electron chi connectivity index (χ4n) is 0.232. The van der Waals surface area contributed by atoms with Gasteiger partial charge in [-0.25, -0.2) is 0 Å². The minimum atomic E-state index is 0. The summed E-state index contributed by atoms with van der Waals surface area (Å²) < 4.78 is 4.82. The number of carbonyl (C=O) groups excluding carboxylic acids is 1. The summed E-state index contributed by atoms with van der Waals surface area (Å²) in [6, 6.07) is 0. The van der Waals surface area contributed by atoms with E-state index >= 15 is 0 Å². The van der Waals surface area contributed by atoms with Gasteiger partial charge < -0.3 is 9.53 Å². The molecule has 0 aromatic rings. The first-order chi connectivity index (χ1) is 3.27. The van der Waals surface area contributed by atoms with E-state index in [1.807, 2.05) is 13.8 Å². The first-order valence-electron chi connectivity index (χ1n) is 2.32. The van der Waals surface area contributed by atoms with Crippen molar-refractivity contribution in [3.8, 4) is 0 Å². The molecule has 0 rings (SSSR count). The Bertz CT molecular complexity index is 54.4. The van der Waals surface area contributed by atoms with Crippen molar-refractivity contribution in [1.82, 2.24) is 0 Å². The van der Waals surface area contributed by atoms with Gasteiger partial charge in [-0.15, -0.1) is 0 Å². The first-order valence-corrected chi connectivity index (χ1v) is 2.32. The molecule has 0 atom stereocenters. The van der Waals surface area contributed by atoms with Gasteiger partial charge in [-0.1, -0.05) is 0 Å². The molecule has 0 saturated heterocycles. The van der Waals surface area contributed by atoms with Gasteiger partial charge in [-0.2, -0.15) is 0 Å². The molecule has 0 radical (unpaired) electrons. The summed E-state index contributed by atoms with van der Waals surface area (Å²) in [5.41, 5.74) is 0. The molecule has 0 bridgehead atoms. The summed E-state index contributed by atoms with van der Waals surface area (Å²) in [4.78, 5) is 9.58. The van der Waals surface area contributed by atoms with Crippen LogP contribution in [-0.2, 0) is 31.2 Å². The van der Waals surface area contributed by atoms with Crippen molar-refractivity contribution in [3.63, 3.8) is 0 Å². The van der Waals surface area contributed by atoms with Crippen LogP contribution in [0.15, 0.2) is 0 Å². The Morgan fingerprint density at radius 2 is 2.12 bits per heavy atom. The molecular formula is C5H10O2Ti. The van der Waals surface area contributed by atoms with Gasteiger partial charge in [0, 0.05) is 21.7 Å². The van der Waals surface area contributed by atoms with Crippen LogP contribution in [0.3, 0.4) is 0 Å². The summed E-state index contributed by atoms with van der Waals surface area (Å²) in [6.45, 7) is 4.00. The molecule has 0 aliphatic carbocycles. The van der Waals surface area contributed by atoms with Crippen molar-refractivity contribution >= 4 is 6.29 Å². The molecule has 0 aliphatic heterocycles. The molecular weight excluding hydrogens is 140 g/mol. The number of aldehydes is 1. The van der Waals surface area contributed by atoms with Crippen LogP contribution in [0.5, 0.6) is 0 Å². The molecule has 8 heavy (non-hydrogen) atoms. The molecule has 0 aromatic heterocycles. The normalized spacial score (nSPS) is 8.38. The van der Waals surface area contributed by atoms with E-state index in [1.165, 1.54) is 0 Å². The van der Waals surface area contributed by atoms with Gasteiger partial charge in [0.15, 0.2) is 0 Å². The van der Waals surface area contributed by atoms with Crippen LogP contribution >= 0.6 is 0 Å². The maximum Gasteiger partial charge on any atom is 0.145 e. The standard InChI is InChI=1S/C5H10O2.Ti/c1-5(2)7-4-3-6;/h3,5H,4H2,1-2H3;. The van der Waals surface area contributed by atoms with E-state index in [4.69, 9.17) is 4.74 Å². The molecule has 46 valence electrons. The van der Waals surface area contributed by atoms with Crippen LogP contribution in [0.4, 0.5) is 0 Å². The monoisotopic (exact) mass is 150 g/mol. The minimum absolute atomic E-state index is 0. The number of carbonyl (C=O) groups is 1. The molecule has 0 spiro atoms. The van der Waals surface area contributed by atoms with Gasteiger partial charge in [0.1, 0.15) is 12.9 Å². The van der Waals surface area contributed by atoms with Gasteiger partial charge in [0.05, 0.1) is 6.10 Å². The average molecular weight is 150 g/mol. The fraction of sp³-hybridized carbons (Fsp3) is 0.800. The zero-order valence-corrected chi connectivity index (χ0v) is 6.74. The van der Waals surface area contributed by atoms with Gasteiger partial charge in [-0.3, -0.25) is 0 Å². The Balaban J connectivity index is 0. The van der Waals surface area contributed by atoms with E-state index in [1.54, 1.807) is 0 Å². The van der Waals surface area contributed by atoms with E-state index in [2.05, 4.69) is 0 Å². The summed E-state index contributed by atoms with van der Waals surface area (Å²) in [5.74, 6) is 0. The van der Waals surface area contributed by atoms with E-state index in [-0.39, 0.29) is 34.4 Å². The predicted octanol–water partition coefficient (Wildman–Crippen LogP) is 0.608. The van der Waals surface area contributed by atoms with Crippen LogP contribution in [0.2, 0.25) is 0 Å². The molecule has 3 heteroatoms. The molecule has 0 aliphatic rings. The molecule has 0 aromatic carbocycles. The Kier molecular flexibility index (Phi) is 10.3. The second-order valence-electron chi connectivity index (χ2n) is 1.55. The van der Waals surface area contributed by atoms with E-state index < -0.39 is 0 Å². The van der Waals surface area contributed by atoms with Crippen molar-refractivity contribution in [2.75, 3.05) is 6.61 Å². The van der Waals surface area contributed by atoms with Crippen LogP contribution in [0.1, 0.15) is 13.8 Å². The zero-order chi connectivity index (χ0) is 5.70. The van der Waals surface area contributed by atoms with E-state index in [9.17, 15) is 4.79 Å². The SMILES string of the molecule is CC(C)OCC=O.[Ti]. The molecule has 0 unspecified atom stereocenters. The Morgan fingerprint density at radius 3 is 2.25 bits per heavy atom. The number of hydrogen-bond donors (Lipinski definition) is 0. The van der Waals surface area contributed by atoms with Crippen LogP contribution in [0.25, 0.3) is 0 Å². The van der Waals surface area contributed by atoms with Crippen molar-refractivity contribution in [3.05, 3.63) is 0 Å². The largest absolute Gasteiger partial charge is 0.371 e. The van der Waals surface area contributed by atoms with Crippen LogP contribution in [0, 0.1) is 0 Å². The predicted molar refractivity (Wildman–Crippen MR) is 27.2 cm³/mol. The molecule has 0 heterocycles. The third kappa shape index (κ3) is 9.60. The number of ether oxygens (including phenoxy) is 1. The van der Waals surface area contributed by atoms with Crippen molar-refractivity contribution < 1.29 is 31.2 Å². The molecule has 0 N–H and O–H groups in total. The van der Waals surface area contributed by atoms with Crippen LogP contribution < -0.4 is 0 Å². The molecule has 0 fully saturated rings. The summed E-state index contributed by atoms with van der Waals surface area (Å²) >= 11 is 0. The maximum atomic E-state index is 9.58. The van der Waals surface area contributed by atoms with Crippen LogP contribution in [-0.4, -0.2) is 19.0 Å². The Morgan fingerprint density at radius 1 is 1.62 bits per heavy atom. The van der Waals surface area contributed by atoms with E-state index in [0.29, 0.717) is 0 Å². The van der Waals surface area contributed by atoms with E-state index in [0.717, 1.165) is 6.29 Å². The smallest absolute Gasteiger partial charge is 0.145 e. The van der Waals surface area contributed by atoms with Crippen molar-refractivity contribution in [2.45, 2.75) is 20.0 Å². The Labute approximate surface area is 64.5 Å². The van der Waals surface area contributed by atoms with Crippen molar-refractivity contribution in [1.29, 1.82) is 0 Å². The second kappa shape index (κ2) is 7.34. The summed E-state index contributed by atoms with van der Waals surface area (Å²) in [5, 5.41) is 0. The van der Waals surface area contributed by atoms with Gasteiger partial charge in [0.25, 0.3) is 0 Å². The first kappa shape index (κ1) is 11.2. The summed E-state index contributed by atoms with van der Waals surface area (Å²) in [6.07, 6.45) is 0.921. The third-order valence-electron chi connectivity index (χ3n) is 0.498. The second-order valence-corrected chi connectivity index (χ2v) is 1.55. The fourth-order valence-corrected chi connectivity index (χ4v) is 0.232. The topological polar surface area (TPSA) is 26.3 Å². The van der Waals surface area contributed by atoms with Gasteiger partial charge >= 0.3 is 0 Å². The quantitative estimate of drug-likeness (QED) is 0.435. The molecule has 0 saturated carbocycles. The number of hydrogen-bond acceptors (Lipinski definition) is 2. The number of rotatable bonds is 3. The molecule has 2 nitrogen and oxygen atoms in total. The maximum absolute atomic E-state index is 9.58.